The number of ether oxygens (including phenoxy) is 1. The highest BCUT2D eigenvalue weighted by Crippen LogP contribution is 2.30. The number of carbonyl (C=O) groups excluding carboxylic acids is 1. The Morgan fingerprint density at radius 1 is 1.43 bits per heavy atom. The molecule has 1 amide bonds. The van der Waals surface area contributed by atoms with Gasteiger partial charge in [-0.3, -0.25) is 10.1 Å². The van der Waals surface area contributed by atoms with Crippen molar-refractivity contribution < 1.29 is 9.53 Å². The molecule has 0 spiro atoms. The molecule has 0 fully saturated rings. The van der Waals surface area contributed by atoms with Gasteiger partial charge in [0.1, 0.15) is 5.75 Å². The molecule has 6 heteroatoms. The molecule has 1 N–H and O–H groups in total. The number of nitrogens with one attached hydrogen (secondary N) is 1. The van der Waals surface area contributed by atoms with Gasteiger partial charge in [0.15, 0.2) is 5.13 Å². The number of hydrogen-bond donors (Lipinski definition) is 1. The van der Waals surface area contributed by atoms with Gasteiger partial charge in [-0.2, -0.15) is 0 Å². The maximum absolute atomic E-state index is 12.3. The van der Waals surface area contributed by atoms with Crippen LogP contribution in [0.1, 0.15) is 28.5 Å². The lowest BCUT2D eigenvalue weighted by atomic mass is 10.1. The van der Waals surface area contributed by atoms with E-state index < -0.39 is 0 Å². The van der Waals surface area contributed by atoms with E-state index >= 15 is 0 Å². The van der Waals surface area contributed by atoms with Crippen LogP contribution in [0.15, 0.2) is 22.4 Å². The molecule has 1 aromatic heterocycles. The molecule has 112 valence electrons. The summed E-state index contributed by atoms with van der Waals surface area (Å²) in [6.07, 6.45) is 2.00. The smallest absolute Gasteiger partial charge is 0.257 e. The minimum Gasteiger partial charge on any atom is -0.494 e. The summed E-state index contributed by atoms with van der Waals surface area (Å²) >= 11 is 3.13. The average Bonchev–Trinajstić information content (AvgIpc) is 2.81. The number of amides is 1. The number of nitrogens with zero attached hydrogens (tertiary/aromatic N) is 1. The van der Waals surface area contributed by atoms with Crippen molar-refractivity contribution in [2.75, 3.05) is 18.2 Å². The van der Waals surface area contributed by atoms with Crippen molar-refractivity contribution in [1.82, 2.24) is 4.98 Å². The molecule has 0 saturated heterocycles. The summed E-state index contributed by atoms with van der Waals surface area (Å²) in [7, 11) is 0. The molecule has 0 aliphatic heterocycles. The third kappa shape index (κ3) is 3.77. The van der Waals surface area contributed by atoms with Crippen LogP contribution in [0, 0.1) is 13.8 Å². The van der Waals surface area contributed by atoms with E-state index in [1.54, 1.807) is 17.8 Å². The second kappa shape index (κ2) is 6.95. The molecule has 1 aromatic carbocycles. The van der Waals surface area contributed by atoms with Crippen molar-refractivity contribution in [3.8, 4) is 5.75 Å². The zero-order valence-electron chi connectivity index (χ0n) is 12.5. The lowest BCUT2D eigenvalue weighted by Crippen LogP contribution is -2.12. The van der Waals surface area contributed by atoms with E-state index in [4.69, 9.17) is 4.74 Å². The zero-order valence-corrected chi connectivity index (χ0v) is 14.2. The SMILES string of the molecule is CCOc1ccc(C(=O)Nc2nc(C)c(SC)s2)cc1C. The Labute approximate surface area is 132 Å². The Kier molecular flexibility index (Phi) is 5.25. The number of aromatic nitrogens is 1. The Morgan fingerprint density at radius 3 is 2.76 bits per heavy atom. The molecule has 2 aromatic rings. The summed E-state index contributed by atoms with van der Waals surface area (Å²) < 4.78 is 6.60. The highest BCUT2D eigenvalue weighted by Gasteiger charge is 2.12. The van der Waals surface area contributed by atoms with Gasteiger partial charge in [0.25, 0.3) is 5.91 Å². The molecular weight excluding hydrogens is 304 g/mol. The molecule has 0 aliphatic rings. The third-order valence-electron chi connectivity index (χ3n) is 2.90. The fourth-order valence-corrected chi connectivity index (χ4v) is 3.51. The Balaban J connectivity index is 2.14. The van der Waals surface area contributed by atoms with Crippen LogP contribution in [-0.2, 0) is 0 Å². The molecule has 4 nitrogen and oxygen atoms in total. The van der Waals surface area contributed by atoms with E-state index in [-0.39, 0.29) is 5.91 Å². The molecule has 0 unspecified atom stereocenters. The summed E-state index contributed by atoms with van der Waals surface area (Å²) in [4.78, 5) is 16.6. The molecule has 0 aliphatic carbocycles. The van der Waals surface area contributed by atoms with Crippen LogP contribution in [-0.4, -0.2) is 23.8 Å². The van der Waals surface area contributed by atoms with Crippen LogP contribution in [0.4, 0.5) is 5.13 Å². The van der Waals surface area contributed by atoms with Crippen LogP contribution in [0.25, 0.3) is 0 Å². The number of aryl methyl sites for hydroxylation is 2. The van der Waals surface area contributed by atoms with Crippen molar-refractivity contribution in [3.63, 3.8) is 0 Å². The summed E-state index contributed by atoms with van der Waals surface area (Å²) in [6, 6.07) is 5.42. The lowest BCUT2D eigenvalue weighted by Gasteiger charge is -2.08. The van der Waals surface area contributed by atoms with Gasteiger partial charge in [0.05, 0.1) is 16.5 Å². The number of anilines is 1. The minimum absolute atomic E-state index is 0.150. The number of hydrogen-bond acceptors (Lipinski definition) is 5. The first-order valence-electron chi connectivity index (χ1n) is 6.61. The van der Waals surface area contributed by atoms with E-state index in [0.29, 0.717) is 17.3 Å². The largest absolute Gasteiger partial charge is 0.494 e. The number of carbonyl (C=O) groups is 1. The van der Waals surface area contributed by atoms with Gasteiger partial charge in [-0.15, -0.1) is 11.8 Å². The molecule has 0 saturated carbocycles. The lowest BCUT2D eigenvalue weighted by molar-refractivity contribution is 0.102. The van der Waals surface area contributed by atoms with Gasteiger partial charge < -0.3 is 4.74 Å². The monoisotopic (exact) mass is 322 g/mol. The van der Waals surface area contributed by atoms with E-state index in [0.717, 1.165) is 21.2 Å². The van der Waals surface area contributed by atoms with Gasteiger partial charge >= 0.3 is 0 Å². The average molecular weight is 322 g/mol. The molecule has 0 radical (unpaired) electrons. The quantitative estimate of drug-likeness (QED) is 0.841. The van der Waals surface area contributed by atoms with Crippen LogP contribution < -0.4 is 10.1 Å². The third-order valence-corrected chi connectivity index (χ3v) is 5.18. The molecule has 1 heterocycles. The normalized spacial score (nSPS) is 10.5. The van der Waals surface area contributed by atoms with Crippen LogP contribution in [0.5, 0.6) is 5.75 Å². The van der Waals surface area contributed by atoms with Crippen LogP contribution in [0.3, 0.4) is 0 Å². The molecule has 21 heavy (non-hydrogen) atoms. The van der Waals surface area contributed by atoms with Gasteiger partial charge in [-0.25, -0.2) is 4.98 Å². The van der Waals surface area contributed by atoms with Gasteiger partial charge in [-0.1, -0.05) is 11.3 Å². The number of thioether (sulfide) groups is 1. The van der Waals surface area contributed by atoms with Gasteiger partial charge in [0, 0.05) is 5.56 Å². The van der Waals surface area contributed by atoms with Crippen molar-refractivity contribution in [3.05, 3.63) is 35.0 Å². The van der Waals surface area contributed by atoms with Gasteiger partial charge in [-0.05, 0) is 50.8 Å². The zero-order chi connectivity index (χ0) is 15.4. The standard InChI is InChI=1S/C15H18N2O2S2/c1-5-19-12-7-6-11(8-9(12)2)13(18)17-15-16-10(3)14(20-4)21-15/h6-8H,5H2,1-4H3,(H,16,17,18). The minimum atomic E-state index is -0.150. The molecule has 0 bridgehead atoms. The second-order valence-corrected chi connectivity index (χ2v) is 6.54. The summed E-state index contributed by atoms with van der Waals surface area (Å²) in [5.41, 5.74) is 2.50. The topological polar surface area (TPSA) is 51.2 Å². The van der Waals surface area contributed by atoms with Crippen LogP contribution in [0.2, 0.25) is 0 Å². The fraction of sp³-hybridized carbons (Fsp3) is 0.333. The first-order chi connectivity index (χ1) is 10.0. The summed E-state index contributed by atoms with van der Waals surface area (Å²) in [6.45, 7) is 6.43. The summed E-state index contributed by atoms with van der Waals surface area (Å²) in [5.74, 6) is 0.659. The highest BCUT2D eigenvalue weighted by molar-refractivity contribution is 8.00. The van der Waals surface area contributed by atoms with Crippen molar-refractivity contribution >= 4 is 34.1 Å². The van der Waals surface area contributed by atoms with Crippen molar-refractivity contribution in [1.29, 1.82) is 0 Å². The first-order valence-corrected chi connectivity index (χ1v) is 8.65. The second-order valence-electron chi connectivity index (χ2n) is 4.46. The maximum Gasteiger partial charge on any atom is 0.257 e. The van der Waals surface area contributed by atoms with E-state index in [1.165, 1.54) is 11.3 Å². The molecular formula is C15H18N2O2S2. The van der Waals surface area contributed by atoms with E-state index in [2.05, 4.69) is 10.3 Å². The predicted molar refractivity (Wildman–Crippen MR) is 88.9 cm³/mol. The van der Waals surface area contributed by atoms with E-state index in [9.17, 15) is 4.79 Å². The summed E-state index contributed by atoms with van der Waals surface area (Å²) in [5, 5.41) is 3.48. The van der Waals surface area contributed by atoms with Crippen molar-refractivity contribution in [2.24, 2.45) is 0 Å². The maximum atomic E-state index is 12.3. The van der Waals surface area contributed by atoms with Crippen molar-refractivity contribution in [2.45, 2.75) is 25.0 Å². The molecule has 0 atom stereocenters. The van der Waals surface area contributed by atoms with Gasteiger partial charge in [0.2, 0.25) is 0 Å². The first kappa shape index (κ1) is 15.9. The Hall–Kier alpha value is -1.53. The highest BCUT2D eigenvalue weighted by atomic mass is 32.2. The van der Waals surface area contributed by atoms with Crippen LogP contribution >= 0.6 is 23.1 Å². The fourth-order valence-electron chi connectivity index (χ4n) is 1.90. The molecule has 2 rings (SSSR count). The number of rotatable bonds is 5. The Morgan fingerprint density at radius 2 is 2.19 bits per heavy atom. The van der Waals surface area contributed by atoms with E-state index in [1.807, 2.05) is 39.2 Å². The number of thiazole rings is 1. The Bertz CT molecular complexity index is 653. The predicted octanol–water partition coefficient (Wildman–Crippen LogP) is 4.13. The number of benzene rings is 1.